The van der Waals surface area contributed by atoms with Gasteiger partial charge in [0.25, 0.3) is 0 Å². The Bertz CT molecular complexity index is 924. The van der Waals surface area contributed by atoms with Crippen molar-refractivity contribution in [2.24, 2.45) is 0 Å². The van der Waals surface area contributed by atoms with Crippen LogP contribution in [0.1, 0.15) is 38.8 Å². The van der Waals surface area contributed by atoms with Gasteiger partial charge in [-0.2, -0.15) is 0 Å². The minimum atomic E-state index is -2.26. The molecular formula is C25H33NO4Si. The summed E-state index contributed by atoms with van der Waals surface area (Å²) >= 11 is 0. The fourth-order valence-corrected chi connectivity index (χ4v) is 4.93. The van der Waals surface area contributed by atoms with E-state index < -0.39 is 32.0 Å². The molecule has 1 aliphatic heterocycles. The summed E-state index contributed by atoms with van der Waals surface area (Å²) in [6.07, 6.45) is -0.635. The maximum Gasteiger partial charge on any atom is 0.418 e. The van der Waals surface area contributed by atoms with E-state index in [9.17, 15) is 9.59 Å². The Morgan fingerprint density at radius 2 is 1.48 bits per heavy atom. The maximum absolute atomic E-state index is 13.1. The third-order valence-corrected chi connectivity index (χ3v) is 11.2. The minimum Gasteiger partial charge on any atom is -0.411 e. The summed E-state index contributed by atoms with van der Waals surface area (Å²) in [5, 5.41) is -0.0466. The monoisotopic (exact) mass is 439 g/mol. The van der Waals surface area contributed by atoms with E-state index in [0.29, 0.717) is 6.42 Å². The highest BCUT2D eigenvalue weighted by Gasteiger charge is 2.58. The molecule has 166 valence electrons. The molecule has 31 heavy (non-hydrogen) atoms. The molecule has 0 saturated carbocycles. The van der Waals surface area contributed by atoms with E-state index in [1.165, 1.54) is 4.90 Å². The summed E-state index contributed by atoms with van der Waals surface area (Å²) in [6.45, 7) is 12.9. The first-order valence-electron chi connectivity index (χ1n) is 10.7. The van der Waals surface area contributed by atoms with E-state index in [2.05, 4.69) is 33.9 Å². The molecule has 1 aliphatic rings. The molecule has 0 unspecified atom stereocenters. The molecule has 0 N–H and O–H groups in total. The molecule has 0 bridgehead atoms. The Morgan fingerprint density at radius 1 is 0.968 bits per heavy atom. The van der Waals surface area contributed by atoms with Gasteiger partial charge in [0.15, 0.2) is 13.9 Å². The molecule has 0 aromatic heterocycles. The van der Waals surface area contributed by atoms with Crippen LogP contribution in [0.4, 0.5) is 4.79 Å². The summed E-state index contributed by atoms with van der Waals surface area (Å²) < 4.78 is 12.0. The van der Waals surface area contributed by atoms with Gasteiger partial charge in [-0.3, -0.25) is 4.90 Å². The Labute approximate surface area is 186 Å². The van der Waals surface area contributed by atoms with Crippen LogP contribution in [-0.4, -0.2) is 36.9 Å². The van der Waals surface area contributed by atoms with Crippen LogP contribution in [0.15, 0.2) is 60.7 Å². The van der Waals surface area contributed by atoms with E-state index in [1.807, 2.05) is 60.7 Å². The first-order valence-corrected chi connectivity index (χ1v) is 13.7. The van der Waals surface area contributed by atoms with Gasteiger partial charge in [0.1, 0.15) is 0 Å². The molecule has 2 aromatic rings. The van der Waals surface area contributed by atoms with E-state index in [0.717, 1.165) is 11.1 Å². The summed E-state index contributed by atoms with van der Waals surface area (Å²) in [4.78, 5) is 27.4. The lowest BCUT2D eigenvalue weighted by molar-refractivity contribution is -0.144. The zero-order chi connectivity index (χ0) is 22.9. The lowest BCUT2D eigenvalue weighted by Gasteiger charge is -2.45. The third-order valence-electron chi connectivity index (χ3n) is 6.69. The molecule has 0 spiro atoms. The van der Waals surface area contributed by atoms with Crippen molar-refractivity contribution >= 4 is 20.4 Å². The van der Waals surface area contributed by atoms with Gasteiger partial charge >= 0.3 is 12.1 Å². The smallest absolute Gasteiger partial charge is 0.411 e. The molecule has 2 aromatic carbocycles. The zero-order valence-electron chi connectivity index (χ0n) is 19.3. The maximum atomic E-state index is 13.1. The number of ether oxygens (including phenoxy) is 1. The second-order valence-corrected chi connectivity index (χ2v) is 14.7. The number of nitrogens with zero attached hydrogens (tertiary/aromatic N) is 1. The molecular weight excluding hydrogens is 406 g/mol. The predicted octanol–water partition coefficient (Wildman–Crippen LogP) is 5.56. The lowest BCUT2D eigenvalue weighted by Crippen LogP contribution is -2.60. The normalized spacial score (nSPS) is 20.6. The number of carbonyl (C=O) groups is 2. The van der Waals surface area contributed by atoms with Gasteiger partial charge in [-0.05, 0) is 36.2 Å². The van der Waals surface area contributed by atoms with Crippen molar-refractivity contribution in [2.45, 2.75) is 70.4 Å². The average molecular weight is 440 g/mol. The Hall–Kier alpha value is -2.44. The van der Waals surface area contributed by atoms with Gasteiger partial charge in [0.2, 0.25) is 0 Å². The van der Waals surface area contributed by atoms with Crippen molar-refractivity contribution < 1.29 is 18.8 Å². The van der Waals surface area contributed by atoms with Crippen molar-refractivity contribution in [3.05, 3.63) is 71.8 Å². The predicted molar refractivity (Wildman–Crippen MR) is 124 cm³/mol. The highest BCUT2D eigenvalue weighted by molar-refractivity contribution is 6.74. The van der Waals surface area contributed by atoms with E-state index in [1.54, 1.807) is 6.92 Å². The van der Waals surface area contributed by atoms with Gasteiger partial charge in [0, 0.05) is 6.42 Å². The standard InChI is InChI=1S/C25H33NO4Si/c1-24(2,3)31(5,6)30-21(17-19-13-9-7-10-14-19)25(4)22(27)29-23(28)26(25)18-20-15-11-8-12-16-20/h7-16,21H,17-18H2,1-6H3/t21-,25+/m0/s1. The summed E-state index contributed by atoms with van der Waals surface area (Å²) in [6, 6.07) is 19.6. The molecule has 5 nitrogen and oxygen atoms in total. The lowest BCUT2D eigenvalue weighted by atomic mass is 9.88. The van der Waals surface area contributed by atoms with Crippen molar-refractivity contribution in [3.8, 4) is 0 Å². The Balaban J connectivity index is 2.02. The first-order chi connectivity index (χ1) is 14.4. The van der Waals surface area contributed by atoms with Crippen LogP contribution in [0.3, 0.4) is 0 Å². The van der Waals surface area contributed by atoms with Crippen LogP contribution in [0.25, 0.3) is 0 Å². The van der Waals surface area contributed by atoms with Crippen molar-refractivity contribution in [2.75, 3.05) is 0 Å². The van der Waals surface area contributed by atoms with E-state index in [-0.39, 0.29) is 11.6 Å². The van der Waals surface area contributed by atoms with Crippen LogP contribution in [-0.2, 0) is 26.9 Å². The number of cyclic esters (lactones) is 2. The first kappa shape index (κ1) is 23.2. The number of hydrogen-bond acceptors (Lipinski definition) is 4. The van der Waals surface area contributed by atoms with E-state index >= 15 is 0 Å². The third kappa shape index (κ3) is 4.75. The van der Waals surface area contributed by atoms with Gasteiger partial charge in [-0.1, -0.05) is 81.4 Å². The Morgan fingerprint density at radius 3 is 2.00 bits per heavy atom. The summed E-state index contributed by atoms with van der Waals surface area (Å²) in [5.74, 6) is -0.548. The van der Waals surface area contributed by atoms with Crippen LogP contribution in [0.5, 0.6) is 0 Å². The SMILES string of the molecule is CC(C)(C)[Si](C)(C)O[C@@H](Cc1ccccc1)[C@]1(C)C(=O)OC(=O)N1Cc1ccccc1. The minimum absolute atomic E-state index is 0.0466. The molecule has 1 heterocycles. The van der Waals surface area contributed by atoms with Crippen LogP contribution in [0, 0.1) is 0 Å². The fraction of sp³-hybridized carbons (Fsp3) is 0.440. The topological polar surface area (TPSA) is 55.8 Å². The highest BCUT2D eigenvalue weighted by Crippen LogP contribution is 2.42. The van der Waals surface area contributed by atoms with Gasteiger partial charge < -0.3 is 9.16 Å². The molecule has 2 atom stereocenters. The molecule has 0 aliphatic carbocycles. The molecule has 1 amide bonds. The number of esters is 1. The summed E-state index contributed by atoms with van der Waals surface area (Å²) in [7, 11) is -2.26. The molecule has 0 radical (unpaired) electrons. The molecule has 1 saturated heterocycles. The van der Waals surface area contributed by atoms with Gasteiger partial charge in [0.05, 0.1) is 12.6 Å². The second kappa shape index (κ2) is 8.59. The number of rotatable bonds is 7. The zero-order valence-corrected chi connectivity index (χ0v) is 20.3. The fourth-order valence-electron chi connectivity index (χ4n) is 3.55. The second-order valence-electron chi connectivity index (χ2n) is 9.93. The number of benzene rings is 2. The van der Waals surface area contributed by atoms with Crippen molar-refractivity contribution in [1.29, 1.82) is 0 Å². The van der Waals surface area contributed by atoms with Gasteiger partial charge in [-0.25, -0.2) is 9.59 Å². The van der Waals surface area contributed by atoms with E-state index in [4.69, 9.17) is 9.16 Å². The Kier molecular flexibility index (Phi) is 6.44. The quantitative estimate of drug-likeness (QED) is 0.322. The van der Waals surface area contributed by atoms with Crippen LogP contribution in [0.2, 0.25) is 18.1 Å². The molecule has 6 heteroatoms. The van der Waals surface area contributed by atoms with Crippen LogP contribution >= 0.6 is 0 Å². The van der Waals surface area contributed by atoms with Crippen molar-refractivity contribution in [3.63, 3.8) is 0 Å². The van der Waals surface area contributed by atoms with Crippen molar-refractivity contribution in [1.82, 2.24) is 4.90 Å². The largest absolute Gasteiger partial charge is 0.418 e. The number of hydrogen-bond donors (Lipinski definition) is 0. The van der Waals surface area contributed by atoms with Crippen LogP contribution < -0.4 is 0 Å². The number of amides is 1. The average Bonchev–Trinajstić information content (AvgIpc) is 2.92. The summed E-state index contributed by atoms with van der Waals surface area (Å²) in [5.41, 5.74) is 0.767. The highest BCUT2D eigenvalue weighted by atomic mass is 28.4. The van der Waals surface area contributed by atoms with Gasteiger partial charge in [-0.15, -0.1) is 0 Å². The molecule has 3 rings (SSSR count). The number of carbonyl (C=O) groups excluding carboxylic acids is 2. The molecule has 1 fully saturated rings.